The van der Waals surface area contributed by atoms with E-state index in [9.17, 15) is 13.2 Å². The van der Waals surface area contributed by atoms with Crippen LogP contribution in [-0.4, -0.2) is 62.8 Å². The zero-order valence-electron chi connectivity index (χ0n) is 19.1. The van der Waals surface area contributed by atoms with Crippen LogP contribution < -0.4 is 19.5 Å². The Labute approximate surface area is 188 Å². The molecule has 3 rings (SSSR count). The molecule has 1 aromatic carbocycles. The summed E-state index contributed by atoms with van der Waals surface area (Å²) in [6, 6.07) is 3.28. The number of aryl methyl sites for hydroxylation is 2. The molecule has 32 heavy (non-hydrogen) atoms. The number of carbonyl (C=O) groups is 1. The van der Waals surface area contributed by atoms with Gasteiger partial charge in [-0.2, -0.15) is 9.40 Å². The van der Waals surface area contributed by atoms with Crippen molar-refractivity contribution in [2.75, 3.05) is 39.7 Å². The SMILES string of the molecule is COc1cc(NC(=O)CCn2nc(C)c(S(=O)(=O)N3CCCC3)c2C)cc(OC)c1OC. The Morgan fingerprint density at radius 2 is 1.66 bits per heavy atom. The van der Waals surface area contributed by atoms with Crippen molar-refractivity contribution in [3.05, 3.63) is 23.5 Å². The third-order valence-electron chi connectivity index (χ3n) is 5.48. The van der Waals surface area contributed by atoms with Crippen LogP contribution in [0.2, 0.25) is 0 Å². The maximum absolute atomic E-state index is 13.0. The number of rotatable bonds is 9. The highest BCUT2D eigenvalue weighted by atomic mass is 32.2. The molecule has 1 aliphatic rings. The van der Waals surface area contributed by atoms with E-state index in [4.69, 9.17) is 14.2 Å². The van der Waals surface area contributed by atoms with Gasteiger partial charge < -0.3 is 19.5 Å². The minimum absolute atomic E-state index is 0.113. The van der Waals surface area contributed by atoms with E-state index in [-0.39, 0.29) is 23.8 Å². The van der Waals surface area contributed by atoms with Gasteiger partial charge in [-0.1, -0.05) is 0 Å². The largest absolute Gasteiger partial charge is 0.493 e. The number of nitrogens with zero attached hydrogens (tertiary/aromatic N) is 3. The van der Waals surface area contributed by atoms with Crippen molar-refractivity contribution in [1.82, 2.24) is 14.1 Å². The van der Waals surface area contributed by atoms with E-state index in [2.05, 4.69) is 10.4 Å². The maximum atomic E-state index is 13.0. The second kappa shape index (κ2) is 9.78. The third kappa shape index (κ3) is 4.68. The molecule has 0 saturated carbocycles. The molecule has 1 aliphatic heterocycles. The van der Waals surface area contributed by atoms with Gasteiger partial charge in [0.25, 0.3) is 0 Å². The molecule has 10 nitrogen and oxygen atoms in total. The lowest BCUT2D eigenvalue weighted by Gasteiger charge is -2.16. The minimum atomic E-state index is -3.58. The normalized spacial score (nSPS) is 14.4. The predicted molar refractivity (Wildman–Crippen MR) is 119 cm³/mol. The van der Waals surface area contributed by atoms with Gasteiger partial charge in [0.15, 0.2) is 11.5 Å². The van der Waals surface area contributed by atoms with Crippen molar-refractivity contribution in [2.24, 2.45) is 0 Å². The summed E-state index contributed by atoms with van der Waals surface area (Å²) in [7, 11) is 0.926. The summed E-state index contributed by atoms with van der Waals surface area (Å²) >= 11 is 0. The van der Waals surface area contributed by atoms with Crippen molar-refractivity contribution in [3.8, 4) is 17.2 Å². The number of aromatic nitrogens is 2. The first kappa shape index (κ1) is 23.9. The molecule has 1 N–H and O–H groups in total. The minimum Gasteiger partial charge on any atom is -0.493 e. The number of anilines is 1. The van der Waals surface area contributed by atoms with E-state index in [1.54, 1.807) is 30.7 Å². The summed E-state index contributed by atoms with van der Waals surface area (Å²) < 4.78 is 45.0. The summed E-state index contributed by atoms with van der Waals surface area (Å²) in [5.74, 6) is 1.04. The number of nitrogens with one attached hydrogen (secondary N) is 1. The number of ether oxygens (including phenoxy) is 3. The summed E-state index contributed by atoms with van der Waals surface area (Å²) in [5, 5.41) is 7.19. The fourth-order valence-corrected chi connectivity index (χ4v) is 5.80. The fraction of sp³-hybridized carbons (Fsp3) is 0.524. The van der Waals surface area contributed by atoms with Gasteiger partial charge in [0.2, 0.25) is 21.7 Å². The lowest BCUT2D eigenvalue weighted by Crippen LogP contribution is -2.28. The van der Waals surface area contributed by atoms with Crippen LogP contribution in [0.1, 0.15) is 30.7 Å². The molecule has 11 heteroatoms. The summed E-state index contributed by atoms with van der Waals surface area (Å²) in [4.78, 5) is 12.8. The molecular formula is C21H30N4O6S. The quantitative estimate of drug-likeness (QED) is 0.604. The Morgan fingerprint density at radius 1 is 1.06 bits per heavy atom. The van der Waals surface area contributed by atoms with E-state index >= 15 is 0 Å². The second-order valence-electron chi connectivity index (χ2n) is 7.55. The lowest BCUT2D eigenvalue weighted by molar-refractivity contribution is -0.116. The first-order chi connectivity index (χ1) is 15.2. The third-order valence-corrected chi connectivity index (χ3v) is 7.63. The molecule has 0 atom stereocenters. The van der Waals surface area contributed by atoms with Gasteiger partial charge in [-0.3, -0.25) is 9.48 Å². The van der Waals surface area contributed by atoms with Crippen LogP contribution in [0.25, 0.3) is 0 Å². The smallest absolute Gasteiger partial charge is 0.246 e. The topological polar surface area (TPSA) is 112 Å². The van der Waals surface area contributed by atoms with Gasteiger partial charge >= 0.3 is 0 Å². The Hall–Kier alpha value is -2.79. The molecule has 0 radical (unpaired) electrons. The molecule has 0 bridgehead atoms. The molecular weight excluding hydrogens is 436 g/mol. The van der Waals surface area contributed by atoms with Crippen molar-refractivity contribution >= 4 is 21.6 Å². The second-order valence-corrected chi connectivity index (χ2v) is 9.42. The summed E-state index contributed by atoms with van der Waals surface area (Å²) in [6.45, 7) is 4.72. The van der Waals surface area contributed by atoms with Crippen molar-refractivity contribution in [2.45, 2.75) is 44.6 Å². The molecule has 0 unspecified atom stereocenters. The van der Waals surface area contributed by atoms with E-state index in [1.807, 2.05) is 0 Å². The highest BCUT2D eigenvalue weighted by Gasteiger charge is 2.32. The van der Waals surface area contributed by atoms with Crippen molar-refractivity contribution in [3.63, 3.8) is 0 Å². The molecule has 1 saturated heterocycles. The number of amides is 1. The van der Waals surface area contributed by atoms with Crippen LogP contribution in [0.5, 0.6) is 17.2 Å². The molecule has 1 amide bonds. The van der Waals surface area contributed by atoms with Gasteiger partial charge in [0.1, 0.15) is 4.90 Å². The average molecular weight is 467 g/mol. The van der Waals surface area contributed by atoms with Crippen molar-refractivity contribution < 1.29 is 27.4 Å². The van der Waals surface area contributed by atoms with Gasteiger partial charge in [0, 0.05) is 37.3 Å². The number of carbonyl (C=O) groups excluding carboxylic acids is 1. The summed E-state index contributed by atoms with van der Waals surface area (Å²) in [6.07, 6.45) is 1.85. The Bertz CT molecular complexity index is 1060. The molecule has 0 aliphatic carbocycles. The zero-order valence-corrected chi connectivity index (χ0v) is 19.9. The van der Waals surface area contributed by atoms with Gasteiger partial charge in [-0.25, -0.2) is 8.42 Å². The number of hydrogen-bond acceptors (Lipinski definition) is 7. The van der Waals surface area contributed by atoms with Crippen molar-refractivity contribution in [1.29, 1.82) is 0 Å². The van der Waals surface area contributed by atoms with E-state index in [0.29, 0.717) is 47.4 Å². The molecule has 176 valence electrons. The zero-order chi connectivity index (χ0) is 23.5. The number of methoxy groups -OCH3 is 3. The highest BCUT2D eigenvalue weighted by Crippen LogP contribution is 2.40. The summed E-state index contributed by atoms with van der Waals surface area (Å²) in [5.41, 5.74) is 1.48. The lowest BCUT2D eigenvalue weighted by atomic mass is 10.2. The highest BCUT2D eigenvalue weighted by molar-refractivity contribution is 7.89. The Balaban J connectivity index is 1.72. The number of sulfonamides is 1. The van der Waals surface area contributed by atoms with Crippen LogP contribution in [0.15, 0.2) is 17.0 Å². The van der Waals surface area contributed by atoms with Crippen LogP contribution >= 0.6 is 0 Å². The van der Waals surface area contributed by atoms with E-state index < -0.39 is 10.0 Å². The van der Waals surface area contributed by atoms with Gasteiger partial charge in [-0.05, 0) is 26.7 Å². The van der Waals surface area contributed by atoms with Crippen LogP contribution in [0, 0.1) is 13.8 Å². The molecule has 0 spiro atoms. The Morgan fingerprint density at radius 3 is 2.19 bits per heavy atom. The standard InChI is InChI=1S/C21H30N4O6S/c1-14-21(32(27,28)24-9-6-7-10-24)15(2)25(23-14)11-8-19(26)22-16-12-17(29-3)20(31-5)18(13-16)30-4/h12-13H,6-11H2,1-5H3,(H,22,26). The predicted octanol–water partition coefficient (Wildman–Crippen LogP) is 2.34. The molecule has 2 aromatic rings. The van der Waals surface area contributed by atoms with Gasteiger partial charge in [0.05, 0.1) is 39.3 Å². The number of hydrogen-bond donors (Lipinski definition) is 1. The Kier molecular flexibility index (Phi) is 7.29. The van der Waals surface area contributed by atoms with E-state index in [1.165, 1.54) is 25.6 Å². The van der Waals surface area contributed by atoms with Crippen LogP contribution in [-0.2, 0) is 21.4 Å². The molecule has 1 fully saturated rings. The van der Waals surface area contributed by atoms with Crippen LogP contribution in [0.4, 0.5) is 5.69 Å². The first-order valence-corrected chi connectivity index (χ1v) is 11.8. The maximum Gasteiger partial charge on any atom is 0.246 e. The fourth-order valence-electron chi connectivity index (χ4n) is 3.91. The average Bonchev–Trinajstić information content (AvgIpc) is 3.40. The first-order valence-electron chi connectivity index (χ1n) is 10.4. The number of benzene rings is 1. The van der Waals surface area contributed by atoms with Gasteiger partial charge in [-0.15, -0.1) is 0 Å². The molecule has 1 aromatic heterocycles. The monoisotopic (exact) mass is 466 g/mol. The van der Waals surface area contributed by atoms with Crippen LogP contribution in [0.3, 0.4) is 0 Å². The molecule has 2 heterocycles. The van der Waals surface area contributed by atoms with E-state index in [0.717, 1.165) is 12.8 Å².